The van der Waals surface area contributed by atoms with Crippen LogP contribution >= 0.6 is 0 Å². The maximum atomic E-state index is 10.5. The SMILES string of the molecule is CCN(CC)CCCNCC(O)Cn1cc([N+](=O)[O-])cn1. The summed E-state index contributed by atoms with van der Waals surface area (Å²) in [6.07, 6.45) is 2.92. The Bertz CT molecular complexity index is 420. The Morgan fingerprint density at radius 1 is 1.52 bits per heavy atom. The maximum absolute atomic E-state index is 10.5. The smallest absolute Gasteiger partial charge is 0.306 e. The van der Waals surface area contributed by atoms with Crippen molar-refractivity contribution in [1.82, 2.24) is 20.0 Å². The molecule has 1 aromatic rings. The summed E-state index contributed by atoms with van der Waals surface area (Å²) in [5.74, 6) is 0. The third-order valence-electron chi connectivity index (χ3n) is 3.33. The molecule has 0 aliphatic rings. The fourth-order valence-corrected chi connectivity index (χ4v) is 2.06. The van der Waals surface area contributed by atoms with Gasteiger partial charge >= 0.3 is 5.69 Å². The molecule has 8 heteroatoms. The molecule has 0 bridgehead atoms. The van der Waals surface area contributed by atoms with Crippen LogP contribution in [0.25, 0.3) is 0 Å². The first-order valence-electron chi connectivity index (χ1n) is 7.34. The van der Waals surface area contributed by atoms with Crippen molar-refractivity contribution in [2.75, 3.05) is 32.7 Å². The minimum atomic E-state index is -0.613. The third-order valence-corrected chi connectivity index (χ3v) is 3.33. The summed E-state index contributed by atoms with van der Waals surface area (Å²) in [6.45, 7) is 8.97. The second-order valence-electron chi connectivity index (χ2n) is 4.92. The van der Waals surface area contributed by atoms with Crippen molar-refractivity contribution >= 4 is 5.69 Å². The van der Waals surface area contributed by atoms with E-state index in [0.29, 0.717) is 6.54 Å². The van der Waals surface area contributed by atoms with E-state index in [1.165, 1.54) is 17.1 Å². The highest BCUT2D eigenvalue weighted by Crippen LogP contribution is 2.07. The van der Waals surface area contributed by atoms with Gasteiger partial charge in [0.25, 0.3) is 0 Å². The van der Waals surface area contributed by atoms with Gasteiger partial charge in [0.15, 0.2) is 0 Å². The van der Waals surface area contributed by atoms with Gasteiger partial charge in [0.05, 0.1) is 17.6 Å². The molecule has 0 spiro atoms. The lowest BCUT2D eigenvalue weighted by Crippen LogP contribution is -2.33. The van der Waals surface area contributed by atoms with Gasteiger partial charge in [0.2, 0.25) is 0 Å². The summed E-state index contributed by atoms with van der Waals surface area (Å²) in [6, 6.07) is 0. The molecule has 2 N–H and O–H groups in total. The van der Waals surface area contributed by atoms with Crippen molar-refractivity contribution in [3.63, 3.8) is 0 Å². The molecular weight excluding hydrogens is 274 g/mol. The summed E-state index contributed by atoms with van der Waals surface area (Å²) in [5.41, 5.74) is -0.0608. The summed E-state index contributed by atoms with van der Waals surface area (Å²) < 4.78 is 1.39. The van der Waals surface area contributed by atoms with Gasteiger partial charge in [-0.25, -0.2) is 0 Å². The number of rotatable bonds is 11. The van der Waals surface area contributed by atoms with E-state index in [2.05, 4.69) is 29.2 Å². The highest BCUT2D eigenvalue weighted by Gasteiger charge is 2.11. The van der Waals surface area contributed by atoms with Crippen LogP contribution in [0, 0.1) is 10.1 Å². The van der Waals surface area contributed by atoms with Crippen LogP contribution in [0.15, 0.2) is 12.4 Å². The van der Waals surface area contributed by atoms with Gasteiger partial charge in [-0.1, -0.05) is 13.8 Å². The van der Waals surface area contributed by atoms with Crippen LogP contribution in [0.2, 0.25) is 0 Å². The molecule has 1 unspecified atom stereocenters. The normalized spacial score (nSPS) is 12.8. The molecule has 0 aliphatic heterocycles. The average molecular weight is 299 g/mol. The fraction of sp³-hybridized carbons (Fsp3) is 0.769. The van der Waals surface area contributed by atoms with Crippen molar-refractivity contribution in [3.8, 4) is 0 Å². The highest BCUT2D eigenvalue weighted by atomic mass is 16.6. The Labute approximate surface area is 124 Å². The van der Waals surface area contributed by atoms with Crippen LogP contribution in [-0.4, -0.2) is 63.5 Å². The van der Waals surface area contributed by atoms with E-state index in [-0.39, 0.29) is 12.2 Å². The zero-order chi connectivity index (χ0) is 15.7. The van der Waals surface area contributed by atoms with Crippen molar-refractivity contribution < 1.29 is 10.0 Å². The molecule has 0 aliphatic carbocycles. The van der Waals surface area contributed by atoms with Gasteiger partial charge in [-0.05, 0) is 32.6 Å². The predicted molar refractivity (Wildman–Crippen MR) is 80.2 cm³/mol. The lowest BCUT2D eigenvalue weighted by molar-refractivity contribution is -0.385. The van der Waals surface area contributed by atoms with Gasteiger partial charge in [-0.3, -0.25) is 14.8 Å². The molecule has 0 amide bonds. The Morgan fingerprint density at radius 3 is 2.81 bits per heavy atom. The molecule has 0 saturated heterocycles. The Morgan fingerprint density at radius 2 is 2.24 bits per heavy atom. The van der Waals surface area contributed by atoms with Crippen LogP contribution in [0.1, 0.15) is 20.3 Å². The Kier molecular flexibility index (Phi) is 7.88. The van der Waals surface area contributed by atoms with Crippen molar-refractivity contribution in [3.05, 3.63) is 22.5 Å². The first kappa shape index (κ1) is 17.5. The molecule has 1 aromatic heterocycles. The first-order chi connectivity index (χ1) is 10.1. The Balaban J connectivity index is 2.16. The van der Waals surface area contributed by atoms with Crippen LogP contribution in [0.4, 0.5) is 5.69 Å². The topological polar surface area (TPSA) is 96.5 Å². The number of aromatic nitrogens is 2. The van der Waals surface area contributed by atoms with Gasteiger partial charge in [-0.2, -0.15) is 5.10 Å². The van der Waals surface area contributed by atoms with E-state index in [4.69, 9.17) is 0 Å². The molecule has 1 atom stereocenters. The molecule has 21 heavy (non-hydrogen) atoms. The van der Waals surface area contributed by atoms with Crippen molar-refractivity contribution in [2.45, 2.75) is 32.9 Å². The molecule has 0 saturated carbocycles. The number of hydrogen-bond donors (Lipinski definition) is 2. The first-order valence-corrected chi connectivity index (χ1v) is 7.34. The number of aliphatic hydroxyl groups is 1. The van der Waals surface area contributed by atoms with Gasteiger partial charge in [0.1, 0.15) is 12.4 Å². The molecule has 0 aromatic carbocycles. The summed E-state index contributed by atoms with van der Waals surface area (Å²) in [7, 11) is 0. The standard InChI is InChI=1S/C13H25N5O3/c1-3-16(4-2)7-5-6-14-9-13(19)11-17-10-12(8-15-17)18(20)21/h8,10,13-14,19H,3-7,9,11H2,1-2H3. The lowest BCUT2D eigenvalue weighted by Gasteiger charge is -2.18. The zero-order valence-corrected chi connectivity index (χ0v) is 12.7. The van der Waals surface area contributed by atoms with Crippen LogP contribution < -0.4 is 5.32 Å². The summed E-state index contributed by atoms with van der Waals surface area (Å²) >= 11 is 0. The fourth-order valence-electron chi connectivity index (χ4n) is 2.06. The largest absolute Gasteiger partial charge is 0.390 e. The van der Waals surface area contributed by atoms with E-state index in [1.807, 2.05) is 0 Å². The lowest BCUT2D eigenvalue weighted by atomic mass is 10.3. The van der Waals surface area contributed by atoms with Gasteiger partial charge < -0.3 is 15.3 Å². The third kappa shape index (κ3) is 6.65. The molecule has 120 valence electrons. The van der Waals surface area contributed by atoms with Crippen molar-refractivity contribution in [1.29, 1.82) is 0 Å². The van der Waals surface area contributed by atoms with E-state index in [9.17, 15) is 15.2 Å². The zero-order valence-electron chi connectivity index (χ0n) is 12.7. The van der Waals surface area contributed by atoms with Crippen molar-refractivity contribution in [2.24, 2.45) is 0 Å². The van der Waals surface area contributed by atoms with Gasteiger partial charge in [-0.15, -0.1) is 0 Å². The number of aliphatic hydroxyl groups excluding tert-OH is 1. The van der Waals surface area contributed by atoms with Gasteiger partial charge in [0, 0.05) is 6.54 Å². The molecule has 1 rings (SSSR count). The van der Waals surface area contributed by atoms with E-state index >= 15 is 0 Å². The van der Waals surface area contributed by atoms with E-state index in [1.54, 1.807) is 0 Å². The predicted octanol–water partition coefficient (Wildman–Crippen LogP) is 0.474. The maximum Gasteiger partial charge on any atom is 0.306 e. The molecular formula is C13H25N5O3. The van der Waals surface area contributed by atoms with Crippen LogP contribution in [0.3, 0.4) is 0 Å². The second-order valence-corrected chi connectivity index (χ2v) is 4.92. The molecule has 8 nitrogen and oxygen atoms in total. The van der Waals surface area contributed by atoms with Crippen LogP contribution in [0.5, 0.6) is 0 Å². The quantitative estimate of drug-likeness (QED) is 0.350. The molecule has 0 radical (unpaired) electrons. The number of hydrogen-bond acceptors (Lipinski definition) is 6. The Hall–Kier alpha value is -1.51. The minimum Gasteiger partial charge on any atom is -0.390 e. The second kappa shape index (κ2) is 9.43. The summed E-state index contributed by atoms with van der Waals surface area (Å²) in [4.78, 5) is 12.4. The van der Waals surface area contributed by atoms with E-state index in [0.717, 1.165) is 32.6 Å². The number of nitro groups is 1. The number of nitrogens with zero attached hydrogens (tertiary/aromatic N) is 4. The van der Waals surface area contributed by atoms with Crippen LogP contribution in [-0.2, 0) is 6.54 Å². The number of nitrogens with one attached hydrogen (secondary N) is 1. The molecule has 0 fully saturated rings. The van der Waals surface area contributed by atoms with E-state index < -0.39 is 11.0 Å². The average Bonchev–Trinajstić information content (AvgIpc) is 2.91. The summed E-state index contributed by atoms with van der Waals surface area (Å²) in [5, 5.41) is 27.4. The molecule has 1 heterocycles. The monoisotopic (exact) mass is 299 g/mol. The minimum absolute atomic E-state index is 0.0608. The highest BCUT2D eigenvalue weighted by molar-refractivity contribution is 5.20.